The van der Waals surface area contributed by atoms with Crippen LogP contribution in [0.1, 0.15) is 51.8 Å². The summed E-state index contributed by atoms with van der Waals surface area (Å²) in [6.07, 6.45) is 4.29. The van der Waals surface area contributed by atoms with E-state index in [9.17, 15) is 9.59 Å². The van der Waals surface area contributed by atoms with Gasteiger partial charge in [-0.2, -0.15) is 10.1 Å². The molecule has 36 heavy (non-hydrogen) atoms. The van der Waals surface area contributed by atoms with Crippen molar-refractivity contribution in [2.45, 2.75) is 25.3 Å². The van der Waals surface area contributed by atoms with Gasteiger partial charge in [0, 0.05) is 30.9 Å². The van der Waals surface area contributed by atoms with E-state index in [2.05, 4.69) is 60.9 Å². The number of aromatic nitrogens is 5. The molecule has 1 aromatic carbocycles. The number of carbonyl (C=O) groups is 1. The molecule has 10 heteroatoms. The number of fused-ring (bicyclic) bond motifs is 2. The fourth-order valence-electron chi connectivity index (χ4n) is 5.65. The predicted molar refractivity (Wildman–Crippen MR) is 136 cm³/mol. The Hall–Kier alpha value is -4.31. The number of aromatic amines is 2. The highest BCUT2D eigenvalue weighted by Crippen LogP contribution is 2.50. The van der Waals surface area contributed by atoms with E-state index >= 15 is 0 Å². The van der Waals surface area contributed by atoms with Gasteiger partial charge in [0.15, 0.2) is 5.65 Å². The number of hydrogen-bond acceptors (Lipinski definition) is 7. The van der Waals surface area contributed by atoms with Gasteiger partial charge in [-0.3, -0.25) is 24.7 Å². The zero-order chi connectivity index (χ0) is 25.0. The van der Waals surface area contributed by atoms with Crippen LogP contribution < -0.4 is 21.9 Å². The second kappa shape index (κ2) is 8.13. The van der Waals surface area contributed by atoms with Crippen molar-refractivity contribution in [2.24, 2.45) is 16.9 Å². The van der Waals surface area contributed by atoms with Gasteiger partial charge >= 0.3 is 0 Å². The lowest BCUT2D eigenvalue weighted by molar-refractivity contribution is 0.0995. The molecule has 6 N–H and O–H groups in total. The number of nitrogens with zero attached hydrogens (tertiary/aromatic N) is 4. The van der Waals surface area contributed by atoms with Crippen molar-refractivity contribution in [2.75, 3.05) is 18.0 Å². The average molecular weight is 483 g/mol. The van der Waals surface area contributed by atoms with E-state index < -0.39 is 5.91 Å². The first-order valence-electron chi connectivity index (χ1n) is 11.9. The highest BCUT2D eigenvalue weighted by atomic mass is 16.1. The molecule has 4 aromatic rings. The van der Waals surface area contributed by atoms with Crippen LogP contribution in [0.4, 0.5) is 5.95 Å². The number of piperidine rings is 1. The number of amides is 1. The van der Waals surface area contributed by atoms with Crippen LogP contribution in [0.3, 0.4) is 0 Å². The van der Waals surface area contributed by atoms with Crippen molar-refractivity contribution in [3.63, 3.8) is 0 Å². The molecule has 1 aliphatic carbocycles. The van der Waals surface area contributed by atoms with Gasteiger partial charge in [-0.05, 0) is 53.5 Å². The zero-order valence-electron chi connectivity index (χ0n) is 19.6. The van der Waals surface area contributed by atoms with Gasteiger partial charge < -0.3 is 16.4 Å². The fourth-order valence-corrected chi connectivity index (χ4v) is 5.65. The molecule has 1 saturated heterocycles. The number of pyridine rings is 1. The number of benzene rings is 1. The van der Waals surface area contributed by atoms with Gasteiger partial charge in [-0.15, -0.1) is 0 Å². The Morgan fingerprint density at radius 3 is 2.72 bits per heavy atom. The largest absolute Gasteiger partial charge is 0.364 e. The van der Waals surface area contributed by atoms with Gasteiger partial charge in [-0.25, -0.2) is 0 Å². The maximum Gasteiger partial charge on any atom is 0.267 e. The first-order valence-corrected chi connectivity index (χ1v) is 11.9. The SMILES string of the molecule is C=C(c1ccnc(C(N)=O)c1)c1n[nH]c2nc(N3CCC4(CC3)Cc3ccccc3[C@H]4N)[nH]c(=O)c12. The molecule has 1 fully saturated rings. The molecule has 0 unspecified atom stereocenters. The summed E-state index contributed by atoms with van der Waals surface area (Å²) in [7, 11) is 0. The Balaban J connectivity index is 1.25. The number of hydrogen-bond donors (Lipinski definition) is 4. The van der Waals surface area contributed by atoms with Crippen molar-refractivity contribution in [3.05, 3.63) is 87.6 Å². The third-order valence-electron chi connectivity index (χ3n) is 7.72. The smallest absolute Gasteiger partial charge is 0.267 e. The topological polar surface area (TPSA) is 160 Å². The van der Waals surface area contributed by atoms with Crippen molar-refractivity contribution in [1.82, 2.24) is 25.1 Å². The summed E-state index contributed by atoms with van der Waals surface area (Å²) in [4.78, 5) is 38.3. The number of nitrogens with one attached hydrogen (secondary N) is 2. The van der Waals surface area contributed by atoms with E-state index in [0.717, 1.165) is 32.4 Å². The van der Waals surface area contributed by atoms with E-state index in [1.54, 1.807) is 6.07 Å². The Bertz CT molecular complexity index is 1580. The zero-order valence-corrected chi connectivity index (χ0v) is 19.6. The molecule has 4 heterocycles. The lowest BCUT2D eigenvalue weighted by Crippen LogP contribution is -2.45. The minimum Gasteiger partial charge on any atom is -0.364 e. The molecule has 0 bridgehead atoms. The van der Waals surface area contributed by atoms with E-state index in [4.69, 9.17) is 11.5 Å². The molecule has 1 aliphatic heterocycles. The Kier molecular flexibility index (Phi) is 5.01. The normalized spacial score (nSPS) is 18.5. The van der Waals surface area contributed by atoms with Gasteiger partial charge in [0.1, 0.15) is 16.8 Å². The van der Waals surface area contributed by atoms with Crippen LogP contribution in [0.5, 0.6) is 0 Å². The van der Waals surface area contributed by atoms with Crippen LogP contribution in [0.2, 0.25) is 0 Å². The highest BCUT2D eigenvalue weighted by Gasteiger charge is 2.46. The molecular formula is C26H26N8O2. The first kappa shape index (κ1) is 22.2. The van der Waals surface area contributed by atoms with Crippen LogP contribution in [-0.2, 0) is 6.42 Å². The van der Waals surface area contributed by atoms with Crippen LogP contribution >= 0.6 is 0 Å². The fraction of sp³-hybridized carbons (Fsp3) is 0.269. The minimum atomic E-state index is -0.647. The molecule has 182 valence electrons. The molecular weight excluding hydrogens is 456 g/mol. The lowest BCUT2D eigenvalue weighted by atomic mass is 9.73. The Morgan fingerprint density at radius 2 is 1.97 bits per heavy atom. The van der Waals surface area contributed by atoms with Crippen molar-refractivity contribution in [1.29, 1.82) is 0 Å². The third kappa shape index (κ3) is 3.41. The first-order chi connectivity index (χ1) is 17.4. The molecule has 0 radical (unpaired) electrons. The maximum atomic E-state index is 13.2. The number of anilines is 1. The second-order valence-corrected chi connectivity index (χ2v) is 9.66. The quantitative estimate of drug-likeness (QED) is 0.346. The van der Waals surface area contributed by atoms with E-state index in [-0.39, 0.29) is 22.7 Å². The van der Waals surface area contributed by atoms with Gasteiger partial charge in [0.25, 0.3) is 11.5 Å². The number of rotatable bonds is 4. The van der Waals surface area contributed by atoms with Crippen molar-refractivity contribution >= 4 is 28.5 Å². The summed E-state index contributed by atoms with van der Waals surface area (Å²) in [5.41, 5.74) is 16.3. The lowest BCUT2D eigenvalue weighted by Gasteiger charge is -2.42. The summed E-state index contributed by atoms with van der Waals surface area (Å²) in [6, 6.07) is 11.7. The monoisotopic (exact) mass is 482 g/mol. The summed E-state index contributed by atoms with van der Waals surface area (Å²) in [6.45, 7) is 5.56. The number of nitrogens with two attached hydrogens (primary N) is 2. The Labute approximate surface area is 206 Å². The number of H-pyrrole nitrogens is 2. The van der Waals surface area contributed by atoms with Crippen molar-refractivity contribution < 1.29 is 4.79 Å². The van der Waals surface area contributed by atoms with Crippen LogP contribution in [-0.4, -0.2) is 44.1 Å². The molecule has 1 amide bonds. The summed E-state index contributed by atoms with van der Waals surface area (Å²) in [5.74, 6) is -0.140. The highest BCUT2D eigenvalue weighted by molar-refractivity contribution is 5.95. The van der Waals surface area contributed by atoms with E-state index in [1.165, 1.54) is 23.4 Å². The molecule has 1 atom stereocenters. The number of primary amides is 1. The third-order valence-corrected chi connectivity index (χ3v) is 7.72. The maximum absolute atomic E-state index is 13.2. The van der Waals surface area contributed by atoms with Gasteiger partial charge in [-0.1, -0.05) is 30.8 Å². The standard InChI is InChI=1S/C26H26N8O2/c1-14(15-6-9-29-18(12-15)22(28)35)20-19-23(33-32-20)30-25(31-24(19)36)34-10-7-26(8-11-34)13-16-4-2-3-5-17(16)21(26)27/h2-6,9,12,21H,1,7-8,10-11,13,27H2,(H2,28,35)(H2,30,31,32,33,36)/t21-/m1/s1. The molecule has 6 rings (SSSR count). The average Bonchev–Trinajstić information content (AvgIpc) is 3.44. The van der Waals surface area contributed by atoms with Crippen LogP contribution in [0, 0.1) is 5.41 Å². The summed E-state index contributed by atoms with van der Waals surface area (Å²) in [5, 5.41) is 7.48. The molecule has 1 spiro atoms. The number of carbonyl (C=O) groups excluding carboxylic acids is 1. The van der Waals surface area contributed by atoms with E-state index in [0.29, 0.717) is 33.8 Å². The molecule has 2 aliphatic rings. The van der Waals surface area contributed by atoms with Gasteiger partial charge in [0.2, 0.25) is 5.95 Å². The van der Waals surface area contributed by atoms with Gasteiger partial charge in [0.05, 0.1) is 0 Å². The minimum absolute atomic E-state index is 0.0229. The summed E-state index contributed by atoms with van der Waals surface area (Å²) < 4.78 is 0. The molecule has 3 aromatic heterocycles. The predicted octanol–water partition coefficient (Wildman–Crippen LogP) is 2.04. The summed E-state index contributed by atoms with van der Waals surface area (Å²) >= 11 is 0. The molecule has 0 saturated carbocycles. The van der Waals surface area contributed by atoms with Crippen LogP contribution in [0.25, 0.3) is 16.6 Å². The second-order valence-electron chi connectivity index (χ2n) is 9.66. The van der Waals surface area contributed by atoms with E-state index in [1.807, 2.05) is 0 Å². The molecule has 10 nitrogen and oxygen atoms in total. The Morgan fingerprint density at radius 1 is 1.19 bits per heavy atom. The van der Waals surface area contributed by atoms with Crippen molar-refractivity contribution in [3.8, 4) is 0 Å². The van der Waals surface area contributed by atoms with Crippen LogP contribution in [0.15, 0.2) is 54.0 Å².